The van der Waals surface area contributed by atoms with E-state index in [0.29, 0.717) is 83.7 Å². The number of hydrogen-bond donors (Lipinski definition) is 4. The molecule has 5 heterocycles. The highest BCUT2D eigenvalue weighted by Crippen LogP contribution is 2.48. The van der Waals surface area contributed by atoms with Crippen molar-refractivity contribution in [2.75, 3.05) is 71.8 Å². The molecule has 0 bridgehead atoms. The van der Waals surface area contributed by atoms with Gasteiger partial charge in [0.05, 0.1) is 29.6 Å². The molecular formula is C127H219F2N9O7S. The fraction of sp³-hybridized carbons (Fsp3) is 0.819. The molecule has 146 heavy (non-hydrogen) atoms. The van der Waals surface area contributed by atoms with Gasteiger partial charge >= 0.3 is 0 Å². The highest BCUT2D eigenvalue weighted by atomic mass is 32.2. The predicted molar refractivity (Wildman–Crippen MR) is 610 cm³/mol. The molecule has 3 aromatic rings. The quantitative estimate of drug-likeness (QED) is 0.0579. The van der Waals surface area contributed by atoms with Gasteiger partial charge in [0, 0.05) is 100 Å². The van der Waals surface area contributed by atoms with E-state index < -0.39 is 21.4 Å². The fourth-order valence-electron chi connectivity index (χ4n) is 23.5. The molecule has 16 nitrogen and oxygen atoms in total. The number of ketones is 1. The van der Waals surface area contributed by atoms with Crippen LogP contribution in [0.15, 0.2) is 72.9 Å². The zero-order valence-corrected chi connectivity index (χ0v) is 99.2. The smallest absolute Gasteiger partial charge is 0.243 e. The maximum Gasteiger partial charge on any atom is 0.243 e. The number of aliphatic hydroxyl groups is 1. The van der Waals surface area contributed by atoms with Gasteiger partial charge in [0.15, 0.2) is 15.6 Å². The second-order valence-corrected chi connectivity index (χ2v) is 55.3. The van der Waals surface area contributed by atoms with Crippen molar-refractivity contribution in [3.05, 3.63) is 101 Å². The van der Waals surface area contributed by atoms with Crippen LogP contribution >= 0.6 is 0 Å². The van der Waals surface area contributed by atoms with Crippen LogP contribution in [0.1, 0.15) is 450 Å². The number of halogens is 2. The summed E-state index contributed by atoms with van der Waals surface area (Å²) in [5, 5.41) is 37.1. The predicted octanol–water partition coefficient (Wildman–Crippen LogP) is 30.1. The fourth-order valence-corrected chi connectivity index (χ4v) is 24.3. The molecule has 3 amide bonds. The van der Waals surface area contributed by atoms with E-state index in [1.165, 1.54) is 179 Å². The number of rotatable bonds is 25. The number of nitrogens with one attached hydrogen (secondary N) is 3. The van der Waals surface area contributed by atoms with Gasteiger partial charge in [0.2, 0.25) is 17.7 Å². The van der Waals surface area contributed by atoms with Gasteiger partial charge in [0.25, 0.3) is 0 Å². The van der Waals surface area contributed by atoms with Crippen LogP contribution in [0.4, 0.5) is 8.78 Å². The molecule has 14 rings (SSSR count). The summed E-state index contributed by atoms with van der Waals surface area (Å²) in [6.45, 7) is 68.5. The lowest BCUT2D eigenvalue weighted by molar-refractivity contribution is -0.137. The molecule has 834 valence electrons. The molecule has 2 aromatic carbocycles. The normalized spacial score (nSPS) is 25.6. The molecule has 7 saturated carbocycles. The van der Waals surface area contributed by atoms with Gasteiger partial charge in [-0.2, -0.15) is 10.5 Å². The van der Waals surface area contributed by atoms with Crippen LogP contribution in [0.3, 0.4) is 0 Å². The van der Waals surface area contributed by atoms with Crippen molar-refractivity contribution in [2.45, 2.75) is 460 Å². The molecule has 1 aromatic heterocycles. The maximum absolute atomic E-state index is 13.3. The van der Waals surface area contributed by atoms with E-state index in [9.17, 15) is 41.5 Å². The SMILES string of the molecule is CC(C)(C)C1CCC(CC(=O)c2ccccc2)CC1.CC(C)(C)C1CCN(CCF)CC1.CC(C)(C)C1CCNCC1F.CC(C)C1CCC(CCc2cccc(C#N)c2)CC1.CC(C)CC(=O)NC1CCC(C(C)C)CC1.CC(C)NC1CCC(C(C)C)CC1.CC(C)[C@@H]1CCCN(C(=O)C2(C#N)CC2)C1.CC(C)[C@@H]1CCCN(C(=O)CC2CC2)C1.CC(C)[C@@H]1CCC[C@@H](O)C1.CC(C)c1ccc(CS(C)(=O)=O)cn1. The van der Waals surface area contributed by atoms with Crippen molar-refractivity contribution in [3.63, 3.8) is 0 Å². The first-order valence-corrected chi connectivity index (χ1v) is 61.2. The number of aryl methyl sites for hydroxylation is 1. The minimum Gasteiger partial charge on any atom is -0.393 e. The van der Waals surface area contributed by atoms with E-state index in [0.717, 1.165) is 215 Å². The average molecular weight is 2050 g/mol. The van der Waals surface area contributed by atoms with Gasteiger partial charge in [-0.05, 0) is 370 Å². The van der Waals surface area contributed by atoms with Gasteiger partial charge in [-0.3, -0.25) is 24.2 Å². The molecule has 11 fully saturated rings. The standard InChI is InChI=1S/C18H25N.C18H26O.C14H27NO.C13H20N2O.C13H23NO.C12H25N.C11H22FN.C10H15NO2S.C9H18FN.C9H18O/c1-14(2)18-10-8-15(9-11-18)6-7-16-4-3-5-17(12-16)13-19;1-18(2,3)16-11-9-14(10-12-16)13-17(19)15-7-5-4-6-8-15;1-10(2)9-14(16)15-13-7-5-12(6-8-13)11(3)4;1-10(2)11-4-3-7-15(8-11)12(16)13(9-14)5-6-13;1-10(2)12-4-3-7-14(9-12)13(15)8-11-5-6-11;1-9(2)11-5-7-12(8-6-11)13-10(3)4;1-11(2,3)10-4-7-13(8-5-10)9-6-12;1-8(2)10-5-4-9(6-11-10)7-14(3,12)13;1-9(2,3)7-4-5-11-6-8(7)10;1-7(2)8-4-3-5-9(10)6-8/h3-5,12,14-15,18H,6-11H2,1-2H3;4-8,14,16H,9-13H2,1-3H3;10-13H,5-9H2,1-4H3,(H,15,16);10-11H,3-8H2,1-2H3;10-12H,3-9H2,1-2H3;9-13H,5-8H2,1-4H3;10H,4-9H2,1-3H3;4-6,8H,7H2,1-3H3;7-8,11H,4-6H2,1-3H3;7-10H,3-6H2,1-2H3/t;;;11-;12-;;;;;8-,9-/m...11....1/s1. The van der Waals surface area contributed by atoms with E-state index in [-0.39, 0.29) is 41.7 Å². The maximum atomic E-state index is 13.3. The summed E-state index contributed by atoms with van der Waals surface area (Å²) < 4.78 is 47.3. The summed E-state index contributed by atoms with van der Waals surface area (Å²) in [6, 6.07) is 27.8. The minimum absolute atomic E-state index is 0.00106. The average Bonchev–Trinajstić information content (AvgIpc) is 1.62. The number of nitriles is 2. The Bertz CT molecular complexity index is 4260. The van der Waals surface area contributed by atoms with Crippen molar-refractivity contribution >= 4 is 33.3 Å². The number of carbonyl (C=O) groups excluding carboxylic acids is 4. The first-order chi connectivity index (χ1) is 68.6. The van der Waals surface area contributed by atoms with E-state index in [4.69, 9.17) is 10.5 Å². The van der Waals surface area contributed by atoms with Crippen LogP contribution in [0.5, 0.6) is 0 Å². The lowest BCUT2D eigenvalue weighted by Gasteiger charge is -2.38. The van der Waals surface area contributed by atoms with E-state index >= 15 is 0 Å². The second-order valence-electron chi connectivity index (χ2n) is 53.2. The molecule has 11 aliphatic rings. The third-order valence-electron chi connectivity index (χ3n) is 34.5. The van der Waals surface area contributed by atoms with Gasteiger partial charge in [-0.1, -0.05) is 261 Å². The number of Topliss-reactive ketones (excluding diaryl/α,β-unsaturated/α-hetero) is 1. The Balaban J connectivity index is 0.000000287. The Morgan fingerprint density at radius 3 is 1.46 bits per heavy atom. The van der Waals surface area contributed by atoms with E-state index in [1.54, 1.807) is 6.20 Å². The van der Waals surface area contributed by atoms with Crippen LogP contribution in [-0.2, 0) is 36.4 Å². The molecule has 7 aliphatic carbocycles. The van der Waals surface area contributed by atoms with Crippen LogP contribution in [0, 0.1) is 157 Å². The lowest BCUT2D eigenvalue weighted by atomic mass is 9.69. The summed E-state index contributed by atoms with van der Waals surface area (Å²) in [5.74, 6) is 15.7. The number of aliphatic hydroxyl groups excluding tert-OH is 1. The summed E-state index contributed by atoms with van der Waals surface area (Å²) in [7, 11) is -2.95. The van der Waals surface area contributed by atoms with Crippen LogP contribution in [-0.4, -0.2) is 159 Å². The number of piperidine rings is 4. The monoisotopic (exact) mass is 2050 g/mol. The number of aromatic nitrogens is 1. The van der Waals surface area contributed by atoms with Gasteiger partial charge in [-0.15, -0.1) is 0 Å². The first-order valence-electron chi connectivity index (χ1n) is 59.2. The number of hydrogen-bond acceptors (Lipinski definition) is 13. The molecule has 2 unspecified atom stereocenters. The lowest BCUT2D eigenvalue weighted by Crippen LogP contribution is -2.44. The van der Waals surface area contributed by atoms with Crippen molar-refractivity contribution < 1.29 is 41.5 Å². The Hall–Kier alpha value is -5.70. The number of pyridine rings is 1. The number of alkyl halides is 2. The number of likely N-dealkylation sites (tertiary alicyclic amines) is 3. The molecule has 4 aliphatic heterocycles. The molecule has 4 saturated heterocycles. The minimum atomic E-state index is -2.95. The molecule has 4 N–H and O–H groups in total. The van der Waals surface area contributed by atoms with Crippen molar-refractivity contribution in [3.8, 4) is 12.1 Å². The van der Waals surface area contributed by atoms with Crippen LogP contribution in [0.25, 0.3) is 0 Å². The second kappa shape index (κ2) is 66.4. The zero-order valence-electron chi connectivity index (χ0n) is 98.3. The first kappa shape index (κ1) is 131. The summed E-state index contributed by atoms with van der Waals surface area (Å²) >= 11 is 0. The number of amides is 3. The Labute approximate surface area is 894 Å². The van der Waals surface area contributed by atoms with E-state index in [1.807, 2.05) is 65.6 Å². The molecular weight excluding hydrogens is 1830 g/mol. The van der Waals surface area contributed by atoms with Gasteiger partial charge < -0.3 is 35.8 Å². The zero-order chi connectivity index (χ0) is 109. The highest BCUT2D eigenvalue weighted by Gasteiger charge is 2.53. The van der Waals surface area contributed by atoms with Crippen LogP contribution < -0.4 is 16.0 Å². The third kappa shape index (κ3) is 52.3. The van der Waals surface area contributed by atoms with E-state index in [2.05, 4.69) is 236 Å². The largest absolute Gasteiger partial charge is 0.393 e. The molecule has 0 spiro atoms. The third-order valence-corrected chi connectivity index (χ3v) is 35.4. The molecule has 0 radical (unpaired) electrons. The van der Waals surface area contributed by atoms with Crippen molar-refractivity contribution in [1.29, 1.82) is 10.5 Å². The Morgan fingerprint density at radius 1 is 0.534 bits per heavy atom. The highest BCUT2D eigenvalue weighted by molar-refractivity contribution is 7.89. The summed E-state index contributed by atoms with van der Waals surface area (Å²) in [4.78, 5) is 58.4. The number of nitrogens with zero attached hydrogens (tertiary/aromatic N) is 6. The molecule has 19 heteroatoms. The van der Waals surface area contributed by atoms with Crippen molar-refractivity contribution in [1.82, 2.24) is 35.6 Å². The van der Waals surface area contributed by atoms with Crippen molar-refractivity contribution in [2.24, 2.45) is 134 Å². The number of carbonyl (C=O) groups is 4. The topological polar surface area (TPSA) is 229 Å². The van der Waals surface area contributed by atoms with Crippen LogP contribution in [0.2, 0.25) is 0 Å². The molecule has 6 atom stereocenters. The van der Waals surface area contributed by atoms with Gasteiger partial charge in [-0.25, -0.2) is 17.2 Å². The number of sulfone groups is 1. The van der Waals surface area contributed by atoms with Gasteiger partial charge in [0.1, 0.15) is 18.3 Å². The summed E-state index contributed by atoms with van der Waals surface area (Å²) in [5.41, 5.74) is 5.09. The Morgan fingerprint density at radius 2 is 1.03 bits per heavy atom. The number of benzene rings is 2. The summed E-state index contributed by atoms with van der Waals surface area (Å²) in [6.07, 6.45) is 45.1. The Kier molecular flexibility index (Phi) is 59.5.